The number of benzene rings is 1. The van der Waals surface area contributed by atoms with Gasteiger partial charge in [0.1, 0.15) is 23.0 Å². The summed E-state index contributed by atoms with van der Waals surface area (Å²) in [5.74, 6) is 0.617. The van der Waals surface area contributed by atoms with Gasteiger partial charge in [0.15, 0.2) is 11.5 Å². The number of H-pyrrole nitrogens is 1. The Morgan fingerprint density at radius 3 is 2.76 bits per heavy atom. The molecule has 2 aromatic heterocycles. The number of fused-ring (bicyclic) bond motifs is 1. The standard InChI is InChI=1S/C21H20N4O4/c1-12(13-4-5-18(28-2)19(7-13)29-3)25-21(27)14(9-22)6-15-10-23-20-17(15)8-16(26)11-24-20/h4-8,10-12,26H,1-3H3,(H,23,24)(H,25,27)/b14-6+. The Morgan fingerprint density at radius 2 is 2.07 bits per heavy atom. The Hall–Kier alpha value is -3.99. The van der Waals surface area contributed by atoms with Gasteiger partial charge < -0.3 is 24.9 Å². The average molecular weight is 392 g/mol. The molecule has 0 saturated carbocycles. The summed E-state index contributed by atoms with van der Waals surface area (Å²) >= 11 is 0. The number of nitrogens with one attached hydrogen (secondary N) is 2. The minimum absolute atomic E-state index is 0.00298. The van der Waals surface area contributed by atoms with E-state index in [9.17, 15) is 15.2 Å². The van der Waals surface area contributed by atoms with Crippen LogP contribution in [0, 0.1) is 11.3 Å². The molecule has 0 saturated heterocycles. The van der Waals surface area contributed by atoms with Crippen molar-refractivity contribution in [3.05, 3.63) is 53.4 Å². The summed E-state index contributed by atoms with van der Waals surface area (Å²) in [4.78, 5) is 19.6. The van der Waals surface area contributed by atoms with Crippen LogP contribution in [0.3, 0.4) is 0 Å². The zero-order chi connectivity index (χ0) is 21.0. The van der Waals surface area contributed by atoms with Gasteiger partial charge in [0, 0.05) is 17.1 Å². The molecule has 3 N–H and O–H groups in total. The van der Waals surface area contributed by atoms with Crippen molar-refractivity contribution in [2.24, 2.45) is 0 Å². The topological polar surface area (TPSA) is 120 Å². The number of nitriles is 1. The van der Waals surface area contributed by atoms with Gasteiger partial charge in [-0.3, -0.25) is 4.79 Å². The van der Waals surface area contributed by atoms with E-state index in [1.165, 1.54) is 25.4 Å². The third-order valence-electron chi connectivity index (χ3n) is 4.47. The highest BCUT2D eigenvalue weighted by Gasteiger charge is 2.16. The monoisotopic (exact) mass is 392 g/mol. The molecule has 0 aliphatic rings. The van der Waals surface area contributed by atoms with Gasteiger partial charge in [-0.1, -0.05) is 6.07 Å². The summed E-state index contributed by atoms with van der Waals surface area (Å²) in [6.45, 7) is 1.81. The number of carbonyl (C=O) groups excluding carboxylic acids is 1. The van der Waals surface area contributed by atoms with Crippen LogP contribution in [0.4, 0.5) is 0 Å². The fourth-order valence-electron chi connectivity index (χ4n) is 2.92. The molecular weight excluding hydrogens is 372 g/mol. The lowest BCUT2D eigenvalue weighted by atomic mass is 10.1. The number of nitrogens with zero attached hydrogens (tertiary/aromatic N) is 2. The zero-order valence-corrected chi connectivity index (χ0v) is 16.2. The van der Waals surface area contributed by atoms with Gasteiger partial charge in [-0.15, -0.1) is 0 Å². The summed E-state index contributed by atoms with van der Waals surface area (Å²) in [7, 11) is 3.09. The first-order valence-corrected chi connectivity index (χ1v) is 8.77. The van der Waals surface area contributed by atoms with Crippen LogP contribution in [0.1, 0.15) is 24.1 Å². The predicted octanol–water partition coefficient (Wildman–Crippen LogP) is 3.07. The van der Waals surface area contributed by atoms with Crippen molar-refractivity contribution in [1.29, 1.82) is 5.26 Å². The van der Waals surface area contributed by atoms with Crippen LogP contribution >= 0.6 is 0 Å². The van der Waals surface area contributed by atoms with Crippen molar-refractivity contribution in [3.63, 3.8) is 0 Å². The smallest absolute Gasteiger partial charge is 0.262 e. The van der Waals surface area contributed by atoms with Crippen LogP contribution in [0.2, 0.25) is 0 Å². The predicted molar refractivity (Wildman–Crippen MR) is 107 cm³/mol. The van der Waals surface area contributed by atoms with Crippen LogP contribution in [0.5, 0.6) is 17.2 Å². The number of methoxy groups -OCH3 is 2. The third kappa shape index (κ3) is 4.14. The Labute approximate surface area is 167 Å². The molecule has 0 radical (unpaired) electrons. The molecule has 1 unspecified atom stereocenters. The number of amides is 1. The molecular formula is C21H20N4O4. The van der Waals surface area contributed by atoms with Crippen molar-refractivity contribution >= 4 is 23.0 Å². The van der Waals surface area contributed by atoms with Crippen molar-refractivity contribution in [2.75, 3.05) is 14.2 Å². The Kier molecular flexibility index (Phi) is 5.69. The first kappa shape index (κ1) is 19.8. The maximum Gasteiger partial charge on any atom is 0.262 e. The first-order chi connectivity index (χ1) is 14.0. The van der Waals surface area contributed by atoms with E-state index < -0.39 is 5.91 Å². The SMILES string of the molecule is COc1ccc(C(C)NC(=O)/C(C#N)=C/c2c[nH]c3ncc(O)cc23)cc1OC. The summed E-state index contributed by atoms with van der Waals surface area (Å²) in [6.07, 6.45) is 4.39. The van der Waals surface area contributed by atoms with Gasteiger partial charge >= 0.3 is 0 Å². The van der Waals surface area contributed by atoms with E-state index in [1.807, 2.05) is 19.1 Å². The van der Waals surface area contributed by atoms with E-state index in [-0.39, 0.29) is 17.4 Å². The van der Waals surface area contributed by atoms with Gasteiger partial charge in [0.05, 0.1) is 26.5 Å². The highest BCUT2D eigenvalue weighted by molar-refractivity contribution is 6.03. The van der Waals surface area contributed by atoms with Crippen LogP contribution in [-0.2, 0) is 4.79 Å². The number of ether oxygens (including phenoxy) is 2. The van der Waals surface area contributed by atoms with Gasteiger partial charge in [0.25, 0.3) is 5.91 Å². The van der Waals surface area contributed by atoms with E-state index >= 15 is 0 Å². The second kappa shape index (κ2) is 8.35. The molecule has 1 aromatic carbocycles. The molecule has 0 aliphatic heterocycles. The summed E-state index contributed by atoms with van der Waals surface area (Å²) in [5.41, 5.74) is 1.86. The largest absolute Gasteiger partial charge is 0.506 e. The van der Waals surface area contributed by atoms with Crippen molar-refractivity contribution in [3.8, 4) is 23.3 Å². The molecule has 0 aliphatic carbocycles. The molecule has 0 spiro atoms. The van der Waals surface area contributed by atoms with E-state index in [0.717, 1.165) is 5.56 Å². The lowest BCUT2D eigenvalue weighted by Gasteiger charge is -2.16. The second-order valence-corrected chi connectivity index (χ2v) is 6.31. The summed E-state index contributed by atoms with van der Waals surface area (Å²) in [5, 5.41) is 22.5. The van der Waals surface area contributed by atoms with E-state index in [0.29, 0.717) is 28.1 Å². The molecule has 3 aromatic rings. The molecule has 29 heavy (non-hydrogen) atoms. The molecule has 3 rings (SSSR count). The number of hydrogen-bond acceptors (Lipinski definition) is 6. The molecule has 0 bridgehead atoms. The number of aromatic nitrogens is 2. The number of rotatable bonds is 6. The van der Waals surface area contributed by atoms with E-state index in [2.05, 4.69) is 15.3 Å². The number of pyridine rings is 1. The minimum Gasteiger partial charge on any atom is -0.506 e. The van der Waals surface area contributed by atoms with Crippen LogP contribution in [-0.4, -0.2) is 35.2 Å². The van der Waals surface area contributed by atoms with Gasteiger partial charge in [-0.05, 0) is 36.8 Å². The maximum atomic E-state index is 12.6. The lowest BCUT2D eigenvalue weighted by molar-refractivity contribution is -0.117. The second-order valence-electron chi connectivity index (χ2n) is 6.31. The van der Waals surface area contributed by atoms with Crippen molar-refractivity contribution in [1.82, 2.24) is 15.3 Å². The van der Waals surface area contributed by atoms with Crippen LogP contribution in [0.25, 0.3) is 17.1 Å². The Balaban J connectivity index is 1.83. The van der Waals surface area contributed by atoms with Crippen molar-refractivity contribution < 1.29 is 19.4 Å². The molecule has 2 heterocycles. The fraction of sp³-hybridized carbons (Fsp3) is 0.190. The number of aromatic hydroxyl groups is 1. The maximum absolute atomic E-state index is 12.6. The Bertz CT molecular complexity index is 1130. The third-order valence-corrected chi connectivity index (χ3v) is 4.47. The minimum atomic E-state index is -0.516. The summed E-state index contributed by atoms with van der Waals surface area (Å²) in [6, 6.07) is 8.41. The van der Waals surface area contributed by atoms with E-state index in [1.54, 1.807) is 25.4 Å². The van der Waals surface area contributed by atoms with Crippen LogP contribution < -0.4 is 14.8 Å². The van der Waals surface area contributed by atoms with Gasteiger partial charge in [-0.25, -0.2) is 4.98 Å². The molecule has 148 valence electrons. The number of hydrogen-bond donors (Lipinski definition) is 3. The lowest BCUT2D eigenvalue weighted by Crippen LogP contribution is -2.27. The van der Waals surface area contributed by atoms with Crippen LogP contribution in [0.15, 0.2) is 42.2 Å². The van der Waals surface area contributed by atoms with E-state index in [4.69, 9.17) is 9.47 Å². The van der Waals surface area contributed by atoms with Crippen molar-refractivity contribution in [2.45, 2.75) is 13.0 Å². The number of aromatic amines is 1. The molecule has 8 heteroatoms. The molecule has 8 nitrogen and oxygen atoms in total. The zero-order valence-electron chi connectivity index (χ0n) is 16.2. The first-order valence-electron chi connectivity index (χ1n) is 8.77. The average Bonchev–Trinajstić information content (AvgIpc) is 3.12. The van der Waals surface area contributed by atoms with Gasteiger partial charge in [0.2, 0.25) is 0 Å². The molecule has 1 atom stereocenters. The normalized spacial score (nSPS) is 12.3. The molecule has 1 amide bonds. The fourth-order valence-corrected chi connectivity index (χ4v) is 2.92. The number of carbonyl (C=O) groups is 1. The highest BCUT2D eigenvalue weighted by Crippen LogP contribution is 2.30. The van der Waals surface area contributed by atoms with Gasteiger partial charge in [-0.2, -0.15) is 5.26 Å². The Morgan fingerprint density at radius 1 is 1.31 bits per heavy atom. The highest BCUT2D eigenvalue weighted by atomic mass is 16.5. The quantitative estimate of drug-likeness (QED) is 0.438. The molecule has 0 fully saturated rings. The summed E-state index contributed by atoms with van der Waals surface area (Å²) < 4.78 is 10.5.